The largest absolute Gasteiger partial charge is 0.329 e. The van der Waals surface area contributed by atoms with Crippen LogP contribution in [0.4, 0.5) is 0 Å². The van der Waals surface area contributed by atoms with Crippen molar-refractivity contribution in [2.45, 2.75) is 32.9 Å². The average Bonchev–Trinajstić information content (AvgIpc) is 2.71. The quantitative estimate of drug-likeness (QED) is 0.809. The van der Waals surface area contributed by atoms with Crippen molar-refractivity contribution in [3.05, 3.63) is 34.7 Å². The third-order valence-electron chi connectivity index (χ3n) is 3.15. The van der Waals surface area contributed by atoms with E-state index in [1.165, 1.54) is 7.11 Å². The van der Waals surface area contributed by atoms with Gasteiger partial charge in [-0.05, 0) is 18.6 Å². The van der Waals surface area contributed by atoms with Crippen molar-refractivity contribution in [2.24, 2.45) is 0 Å². The summed E-state index contributed by atoms with van der Waals surface area (Å²) < 4.78 is 3.39. The Labute approximate surface area is 116 Å². The summed E-state index contributed by atoms with van der Waals surface area (Å²) in [4.78, 5) is 28.4. The SMILES string of the molecule is CCCn1c(=O)n(CCC(=O)NOC)c2ccccc21. The van der Waals surface area contributed by atoms with Gasteiger partial charge in [-0.2, -0.15) is 0 Å². The van der Waals surface area contributed by atoms with E-state index in [0.29, 0.717) is 13.1 Å². The van der Waals surface area contributed by atoms with Gasteiger partial charge in [-0.15, -0.1) is 0 Å². The summed E-state index contributed by atoms with van der Waals surface area (Å²) in [6.07, 6.45) is 1.09. The van der Waals surface area contributed by atoms with Crippen LogP contribution in [0.5, 0.6) is 0 Å². The van der Waals surface area contributed by atoms with Crippen molar-refractivity contribution in [3.63, 3.8) is 0 Å². The number of hydrogen-bond acceptors (Lipinski definition) is 3. The Morgan fingerprint density at radius 1 is 1.20 bits per heavy atom. The second kappa shape index (κ2) is 6.38. The molecule has 0 radical (unpaired) electrons. The number of para-hydroxylation sites is 2. The molecule has 0 saturated carbocycles. The fraction of sp³-hybridized carbons (Fsp3) is 0.429. The molecule has 1 heterocycles. The lowest BCUT2D eigenvalue weighted by molar-refractivity contribution is -0.131. The molecule has 0 fully saturated rings. The van der Waals surface area contributed by atoms with Crippen molar-refractivity contribution in [3.8, 4) is 0 Å². The van der Waals surface area contributed by atoms with Gasteiger partial charge in [-0.25, -0.2) is 10.3 Å². The van der Waals surface area contributed by atoms with Crippen LogP contribution in [-0.4, -0.2) is 22.2 Å². The first-order valence-electron chi connectivity index (χ1n) is 6.69. The number of nitrogens with zero attached hydrogens (tertiary/aromatic N) is 2. The summed E-state index contributed by atoms with van der Waals surface area (Å²) in [5.74, 6) is -0.244. The first kappa shape index (κ1) is 14.3. The van der Waals surface area contributed by atoms with Crippen LogP contribution in [-0.2, 0) is 22.7 Å². The van der Waals surface area contributed by atoms with Crippen molar-refractivity contribution in [2.75, 3.05) is 7.11 Å². The van der Waals surface area contributed by atoms with E-state index in [2.05, 4.69) is 10.3 Å². The predicted octanol–water partition coefficient (Wildman–Crippen LogP) is 1.28. The molecular weight excluding hydrogens is 258 g/mol. The Kier molecular flexibility index (Phi) is 4.57. The number of rotatable bonds is 6. The van der Waals surface area contributed by atoms with Gasteiger partial charge in [0.1, 0.15) is 0 Å². The summed E-state index contributed by atoms with van der Waals surface area (Å²) in [7, 11) is 1.39. The molecule has 1 N–H and O–H groups in total. The minimum Gasteiger partial charge on any atom is -0.292 e. The minimum absolute atomic E-state index is 0.0710. The van der Waals surface area contributed by atoms with Crippen LogP contribution >= 0.6 is 0 Å². The Balaban J connectivity index is 2.35. The van der Waals surface area contributed by atoms with Gasteiger partial charge in [0, 0.05) is 19.5 Å². The smallest absolute Gasteiger partial charge is 0.292 e. The Morgan fingerprint density at radius 3 is 2.35 bits per heavy atom. The number of amides is 1. The number of carbonyl (C=O) groups is 1. The number of fused-ring (bicyclic) bond motifs is 1. The van der Waals surface area contributed by atoms with E-state index in [9.17, 15) is 9.59 Å². The lowest BCUT2D eigenvalue weighted by atomic mass is 10.3. The van der Waals surface area contributed by atoms with E-state index in [-0.39, 0.29) is 18.0 Å². The van der Waals surface area contributed by atoms with E-state index in [0.717, 1.165) is 17.5 Å². The lowest BCUT2D eigenvalue weighted by Crippen LogP contribution is -2.28. The topological polar surface area (TPSA) is 65.3 Å². The van der Waals surface area contributed by atoms with E-state index in [1.807, 2.05) is 31.2 Å². The van der Waals surface area contributed by atoms with Gasteiger partial charge in [-0.3, -0.25) is 18.8 Å². The molecule has 2 aromatic rings. The molecule has 0 aliphatic heterocycles. The van der Waals surface area contributed by atoms with Crippen molar-refractivity contribution in [1.82, 2.24) is 14.6 Å². The van der Waals surface area contributed by atoms with Crippen LogP contribution in [0, 0.1) is 0 Å². The molecule has 0 aliphatic carbocycles. The Hall–Kier alpha value is -2.08. The molecule has 20 heavy (non-hydrogen) atoms. The lowest BCUT2D eigenvalue weighted by Gasteiger charge is -2.03. The van der Waals surface area contributed by atoms with Crippen molar-refractivity contribution >= 4 is 16.9 Å². The second-order valence-electron chi connectivity index (χ2n) is 4.55. The third kappa shape index (κ3) is 2.75. The van der Waals surface area contributed by atoms with Gasteiger partial charge >= 0.3 is 5.69 Å². The van der Waals surface area contributed by atoms with E-state index in [4.69, 9.17) is 0 Å². The molecule has 6 nitrogen and oxygen atoms in total. The van der Waals surface area contributed by atoms with Crippen LogP contribution in [0.25, 0.3) is 11.0 Å². The highest BCUT2D eigenvalue weighted by Crippen LogP contribution is 2.13. The molecule has 0 saturated heterocycles. The second-order valence-corrected chi connectivity index (χ2v) is 4.55. The zero-order chi connectivity index (χ0) is 14.5. The molecule has 0 atom stereocenters. The molecule has 1 amide bonds. The summed E-state index contributed by atoms with van der Waals surface area (Å²) in [5, 5.41) is 0. The number of hydrogen-bond donors (Lipinski definition) is 1. The maximum atomic E-state index is 12.4. The highest BCUT2D eigenvalue weighted by molar-refractivity contribution is 5.77. The van der Waals surface area contributed by atoms with Gasteiger partial charge in [0.25, 0.3) is 0 Å². The maximum Gasteiger partial charge on any atom is 0.329 e. The number of aryl methyl sites for hydroxylation is 2. The molecule has 1 aromatic heterocycles. The minimum atomic E-state index is -0.244. The molecule has 0 unspecified atom stereocenters. The van der Waals surface area contributed by atoms with Gasteiger partial charge in [0.2, 0.25) is 5.91 Å². The average molecular weight is 277 g/mol. The van der Waals surface area contributed by atoms with Crippen LogP contribution in [0.3, 0.4) is 0 Å². The first-order chi connectivity index (χ1) is 9.69. The van der Waals surface area contributed by atoms with Crippen LogP contribution in [0.15, 0.2) is 29.1 Å². The summed E-state index contributed by atoms with van der Waals surface area (Å²) in [5.41, 5.74) is 3.95. The third-order valence-corrected chi connectivity index (χ3v) is 3.15. The van der Waals surface area contributed by atoms with Crippen LogP contribution in [0.1, 0.15) is 19.8 Å². The highest BCUT2D eigenvalue weighted by atomic mass is 16.6. The van der Waals surface area contributed by atoms with E-state index in [1.54, 1.807) is 9.13 Å². The van der Waals surface area contributed by atoms with Gasteiger partial charge in [0.05, 0.1) is 18.1 Å². The van der Waals surface area contributed by atoms with Crippen LogP contribution in [0.2, 0.25) is 0 Å². The molecule has 0 bridgehead atoms. The van der Waals surface area contributed by atoms with E-state index < -0.39 is 0 Å². The zero-order valence-electron chi connectivity index (χ0n) is 11.8. The zero-order valence-corrected chi connectivity index (χ0v) is 11.8. The normalized spacial score (nSPS) is 10.9. The molecule has 6 heteroatoms. The Bertz CT molecular complexity index is 657. The molecule has 0 aliphatic rings. The standard InChI is InChI=1S/C14H19N3O3/c1-3-9-16-11-6-4-5-7-12(11)17(14(16)19)10-8-13(18)15-20-2/h4-7H,3,8-10H2,1-2H3,(H,15,18). The first-order valence-corrected chi connectivity index (χ1v) is 6.69. The number of benzene rings is 1. The number of hydroxylamine groups is 1. The van der Waals surface area contributed by atoms with E-state index >= 15 is 0 Å². The van der Waals surface area contributed by atoms with Gasteiger partial charge < -0.3 is 0 Å². The molecular formula is C14H19N3O3. The molecule has 2 rings (SSSR count). The van der Waals surface area contributed by atoms with Gasteiger partial charge in [-0.1, -0.05) is 19.1 Å². The van der Waals surface area contributed by atoms with Gasteiger partial charge in [0.15, 0.2) is 0 Å². The molecule has 1 aromatic carbocycles. The van der Waals surface area contributed by atoms with Crippen LogP contribution < -0.4 is 11.2 Å². The Morgan fingerprint density at radius 2 is 1.80 bits per heavy atom. The predicted molar refractivity (Wildman–Crippen MR) is 76.3 cm³/mol. The number of carbonyl (C=O) groups excluding carboxylic acids is 1. The molecule has 0 spiro atoms. The monoisotopic (exact) mass is 277 g/mol. The number of imidazole rings is 1. The fourth-order valence-corrected chi connectivity index (χ4v) is 2.31. The summed E-state index contributed by atoms with van der Waals surface area (Å²) >= 11 is 0. The molecule has 108 valence electrons. The maximum absolute atomic E-state index is 12.4. The highest BCUT2D eigenvalue weighted by Gasteiger charge is 2.12. The summed E-state index contributed by atoms with van der Waals surface area (Å²) in [6.45, 7) is 3.05. The van der Waals surface area contributed by atoms with Crippen molar-refractivity contribution < 1.29 is 9.63 Å². The number of aromatic nitrogens is 2. The summed E-state index contributed by atoms with van der Waals surface area (Å²) in [6, 6.07) is 7.63. The van der Waals surface area contributed by atoms with Crippen molar-refractivity contribution in [1.29, 1.82) is 0 Å². The number of nitrogens with one attached hydrogen (secondary N) is 1. The fourth-order valence-electron chi connectivity index (χ4n) is 2.31.